The second-order valence-electron chi connectivity index (χ2n) is 4.22. The monoisotopic (exact) mass is 295 g/mol. The largest absolute Gasteiger partial charge is 0.478 e. The van der Waals surface area contributed by atoms with Crippen LogP contribution in [0.2, 0.25) is 0 Å². The summed E-state index contributed by atoms with van der Waals surface area (Å²) in [6.45, 7) is 0. The first-order chi connectivity index (χ1) is 9.34. The number of carboxylic acid groups (broad SMARTS) is 1. The first-order valence-electron chi connectivity index (χ1n) is 5.64. The first-order valence-corrected chi connectivity index (χ1v) is 7.08. The molecule has 0 atom stereocenters. The van der Waals surface area contributed by atoms with Crippen molar-refractivity contribution in [3.63, 3.8) is 0 Å². The molecule has 0 unspecified atom stereocenters. The lowest BCUT2D eigenvalue weighted by Crippen LogP contribution is -2.22. The molecule has 0 amide bonds. The van der Waals surface area contributed by atoms with Gasteiger partial charge in [-0.3, -0.25) is 0 Å². The second-order valence-corrected chi connectivity index (χ2v) is 6.37. The number of rotatable bonds is 4. The van der Waals surface area contributed by atoms with Crippen molar-refractivity contribution in [3.05, 3.63) is 42.2 Å². The molecule has 0 aliphatic carbocycles. The number of nitrogens with zero attached hydrogens (tertiary/aromatic N) is 3. The second kappa shape index (κ2) is 5.06. The molecule has 106 valence electrons. The average molecular weight is 295 g/mol. The standard InChI is InChI=1S/C12H13N3O4S/c1-14(2)20(18,19)9-4-5-11(10(8-9)12(16)17)15-7-3-6-13-15/h3-8H,1-2H3,(H,16,17). The minimum Gasteiger partial charge on any atom is -0.478 e. The molecule has 0 aliphatic rings. The van der Waals surface area contributed by atoms with Gasteiger partial charge in [-0.15, -0.1) is 0 Å². The van der Waals surface area contributed by atoms with Gasteiger partial charge < -0.3 is 5.11 Å². The number of benzene rings is 1. The maximum absolute atomic E-state index is 12.0. The van der Waals surface area contributed by atoms with Gasteiger partial charge >= 0.3 is 5.97 Å². The van der Waals surface area contributed by atoms with Crippen LogP contribution >= 0.6 is 0 Å². The molecule has 1 aromatic heterocycles. The fourth-order valence-electron chi connectivity index (χ4n) is 1.67. The summed E-state index contributed by atoms with van der Waals surface area (Å²) >= 11 is 0. The smallest absolute Gasteiger partial charge is 0.337 e. The van der Waals surface area contributed by atoms with Gasteiger partial charge in [-0.05, 0) is 24.3 Å². The molecule has 2 aromatic rings. The van der Waals surface area contributed by atoms with Crippen molar-refractivity contribution in [2.75, 3.05) is 14.1 Å². The normalized spacial score (nSPS) is 11.8. The lowest BCUT2D eigenvalue weighted by Gasteiger charge is -2.13. The first kappa shape index (κ1) is 14.2. The van der Waals surface area contributed by atoms with Crippen molar-refractivity contribution < 1.29 is 18.3 Å². The van der Waals surface area contributed by atoms with Crippen LogP contribution in [0.1, 0.15) is 10.4 Å². The predicted octanol–water partition coefficient (Wildman–Crippen LogP) is 0.821. The van der Waals surface area contributed by atoms with E-state index in [4.69, 9.17) is 0 Å². The van der Waals surface area contributed by atoms with Crippen molar-refractivity contribution >= 4 is 16.0 Å². The molecule has 20 heavy (non-hydrogen) atoms. The summed E-state index contributed by atoms with van der Waals surface area (Å²) in [5.74, 6) is -1.22. The molecule has 2 rings (SSSR count). The fourth-order valence-corrected chi connectivity index (χ4v) is 2.60. The molecule has 0 saturated heterocycles. The molecule has 1 aromatic carbocycles. The van der Waals surface area contributed by atoms with E-state index in [0.29, 0.717) is 5.69 Å². The molecular formula is C12H13N3O4S. The summed E-state index contributed by atoms with van der Waals surface area (Å²) in [5, 5.41) is 13.2. The Hall–Kier alpha value is -2.19. The molecule has 8 heteroatoms. The van der Waals surface area contributed by atoms with E-state index in [-0.39, 0.29) is 10.5 Å². The Balaban J connectivity index is 2.64. The van der Waals surface area contributed by atoms with Crippen LogP contribution in [0.4, 0.5) is 0 Å². The Morgan fingerprint density at radius 1 is 1.35 bits per heavy atom. The Kier molecular flexibility index (Phi) is 3.60. The van der Waals surface area contributed by atoms with Gasteiger partial charge in [0.25, 0.3) is 0 Å². The zero-order chi connectivity index (χ0) is 14.9. The van der Waals surface area contributed by atoms with Crippen LogP contribution < -0.4 is 0 Å². The molecule has 0 bridgehead atoms. The summed E-state index contributed by atoms with van der Waals surface area (Å²) in [7, 11) is -0.906. The summed E-state index contributed by atoms with van der Waals surface area (Å²) in [6, 6.07) is 5.57. The van der Waals surface area contributed by atoms with Crippen LogP contribution in [0, 0.1) is 0 Å². The molecule has 1 N–H and O–H groups in total. The molecule has 0 aliphatic heterocycles. The Morgan fingerprint density at radius 3 is 2.55 bits per heavy atom. The molecule has 0 spiro atoms. The van der Waals surface area contributed by atoms with Crippen molar-refractivity contribution in [2.45, 2.75) is 4.90 Å². The zero-order valence-corrected chi connectivity index (χ0v) is 11.7. The number of aromatic nitrogens is 2. The number of hydrogen-bond acceptors (Lipinski definition) is 4. The van der Waals surface area contributed by atoms with Crippen LogP contribution in [0.3, 0.4) is 0 Å². The maximum atomic E-state index is 12.0. The van der Waals surface area contributed by atoms with Crippen molar-refractivity contribution in [1.82, 2.24) is 14.1 Å². The highest BCUT2D eigenvalue weighted by Crippen LogP contribution is 2.21. The molecule has 1 heterocycles. The average Bonchev–Trinajstić information content (AvgIpc) is 2.91. The number of carboxylic acids is 1. The van der Waals surface area contributed by atoms with Gasteiger partial charge in [0.15, 0.2) is 0 Å². The third-order valence-electron chi connectivity index (χ3n) is 2.73. The van der Waals surface area contributed by atoms with E-state index in [9.17, 15) is 18.3 Å². The topological polar surface area (TPSA) is 92.5 Å². The van der Waals surface area contributed by atoms with E-state index in [1.165, 1.54) is 37.1 Å². The minimum absolute atomic E-state index is 0.0733. The van der Waals surface area contributed by atoms with Crippen LogP contribution in [-0.2, 0) is 10.0 Å². The Bertz CT molecular complexity index is 736. The van der Waals surface area contributed by atoms with Gasteiger partial charge in [-0.1, -0.05) is 0 Å². The van der Waals surface area contributed by atoms with E-state index >= 15 is 0 Å². The third kappa shape index (κ3) is 2.43. The van der Waals surface area contributed by atoms with Crippen LogP contribution in [0.5, 0.6) is 0 Å². The van der Waals surface area contributed by atoms with E-state index in [1.54, 1.807) is 12.3 Å². The Labute approximate surface area is 116 Å². The SMILES string of the molecule is CN(C)S(=O)(=O)c1ccc(-n2cccn2)c(C(=O)O)c1. The highest BCUT2D eigenvalue weighted by Gasteiger charge is 2.21. The van der Waals surface area contributed by atoms with Crippen LogP contribution in [0.15, 0.2) is 41.6 Å². The van der Waals surface area contributed by atoms with Crippen molar-refractivity contribution in [2.24, 2.45) is 0 Å². The number of carbonyl (C=O) groups is 1. The van der Waals surface area contributed by atoms with E-state index in [0.717, 1.165) is 10.4 Å². The molecule has 7 nitrogen and oxygen atoms in total. The molecule has 0 fully saturated rings. The fraction of sp³-hybridized carbons (Fsp3) is 0.167. The Morgan fingerprint density at radius 2 is 2.05 bits per heavy atom. The van der Waals surface area contributed by atoms with Gasteiger partial charge in [0.2, 0.25) is 10.0 Å². The third-order valence-corrected chi connectivity index (χ3v) is 4.54. The molecular weight excluding hydrogens is 282 g/mol. The van der Waals surface area contributed by atoms with Crippen molar-refractivity contribution in [1.29, 1.82) is 0 Å². The highest BCUT2D eigenvalue weighted by atomic mass is 32.2. The van der Waals surface area contributed by atoms with Gasteiger partial charge in [-0.25, -0.2) is 22.2 Å². The van der Waals surface area contributed by atoms with Gasteiger partial charge in [0, 0.05) is 26.5 Å². The van der Waals surface area contributed by atoms with Gasteiger partial charge in [0.05, 0.1) is 16.1 Å². The summed E-state index contributed by atoms with van der Waals surface area (Å²) < 4.78 is 26.4. The lowest BCUT2D eigenvalue weighted by molar-refractivity contribution is 0.0696. The van der Waals surface area contributed by atoms with Gasteiger partial charge in [-0.2, -0.15) is 5.10 Å². The maximum Gasteiger partial charge on any atom is 0.337 e. The molecule has 0 radical (unpaired) electrons. The predicted molar refractivity (Wildman–Crippen MR) is 71.4 cm³/mol. The molecule has 0 saturated carbocycles. The van der Waals surface area contributed by atoms with E-state index < -0.39 is 16.0 Å². The summed E-state index contributed by atoms with van der Waals surface area (Å²) in [5.41, 5.74) is 0.178. The highest BCUT2D eigenvalue weighted by molar-refractivity contribution is 7.89. The number of sulfonamides is 1. The minimum atomic E-state index is -3.68. The quantitative estimate of drug-likeness (QED) is 0.901. The number of hydrogen-bond donors (Lipinski definition) is 1. The summed E-state index contributed by atoms with van der Waals surface area (Å²) in [4.78, 5) is 11.2. The van der Waals surface area contributed by atoms with Crippen LogP contribution in [0.25, 0.3) is 5.69 Å². The van der Waals surface area contributed by atoms with Crippen molar-refractivity contribution in [3.8, 4) is 5.69 Å². The van der Waals surface area contributed by atoms with Gasteiger partial charge in [0.1, 0.15) is 0 Å². The summed E-state index contributed by atoms with van der Waals surface area (Å²) in [6.07, 6.45) is 3.10. The lowest BCUT2D eigenvalue weighted by atomic mass is 10.2. The number of aromatic carboxylic acids is 1. The van der Waals surface area contributed by atoms with Crippen LogP contribution in [-0.4, -0.2) is 47.7 Å². The zero-order valence-electron chi connectivity index (χ0n) is 10.9. The van der Waals surface area contributed by atoms with E-state index in [1.807, 2.05) is 0 Å². The van der Waals surface area contributed by atoms with E-state index in [2.05, 4.69) is 5.10 Å².